The van der Waals surface area contributed by atoms with E-state index in [4.69, 9.17) is 33.2 Å². The van der Waals surface area contributed by atoms with Crippen molar-refractivity contribution in [2.75, 3.05) is 40.5 Å². The van der Waals surface area contributed by atoms with Crippen molar-refractivity contribution in [3.8, 4) is 0 Å². The van der Waals surface area contributed by atoms with Crippen molar-refractivity contribution in [3.63, 3.8) is 0 Å². The summed E-state index contributed by atoms with van der Waals surface area (Å²) in [7, 11) is 2.11. The van der Waals surface area contributed by atoms with Crippen molar-refractivity contribution in [1.29, 1.82) is 0 Å². The topological polar surface area (TPSA) is 281 Å². The molecule has 2 aromatic carbocycles. The molecular weight excluding hydrogens is 766 g/mol. The minimum atomic E-state index is -2.12. The summed E-state index contributed by atoms with van der Waals surface area (Å²) in [5, 5.41) is 60.5. The summed E-state index contributed by atoms with van der Waals surface area (Å²) in [5.74, 6) is -4.80. The number of benzene rings is 2. The van der Waals surface area contributed by atoms with Crippen LogP contribution in [0.15, 0.2) is 54.6 Å². The molecule has 19 nitrogen and oxygen atoms in total. The predicted molar refractivity (Wildman–Crippen MR) is 175 cm³/mol. The van der Waals surface area contributed by atoms with Gasteiger partial charge < -0.3 is 78.9 Å². The van der Waals surface area contributed by atoms with Crippen LogP contribution in [-0.4, -0.2) is 147 Å². The standard InChI is InChI=1S/C35H44N2O17.2Na/c1-17(19-10-7-11-20(16-19)21(38)18-8-5-4-6-9-18)30(42)36-12-14-50-15-13-37-35(47)54-27-24(41)26(29(32(45)46)53-34(27)49-3)51-33-23(40)22(39)25(48-2)28(52-33)31(43)44;;/h4-11,16-17,22-29,33-34,39-41H,12-15H2,1-3H3,(H,36,42)(H,37,47)(H,43,44)(H,45,46);;/q;2*+1/p-2/t17?,22?,23?,24?,25-,26-,27-,28+,29?,33?,34+;;/m0../s1. The number of carbonyl (C=O) groups excluding carboxylic acids is 5. The van der Waals surface area contributed by atoms with Gasteiger partial charge in [-0.3, -0.25) is 9.59 Å². The first kappa shape index (κ1) is 49.6. The number of nitrogens with one attached hydrogen (secondary N) is 2. The molecule has 2 aliphatic heterocycles. The molecular formula is C35H42N2Na2O17. The van der Waals surface area contributed by atoms with Gasteiger partial charge in [0.05, 0.1) is 31.1 Å². The fraction of sp³-hybridized carbons (Fsp3) is 0.514. The molecule has 0 spiro atoms. The van der Waals surface area contributed by atoms with Crippen LogP contribution >= 0.6 is 0 Å². The second-order valence-electron chi connectivity index (χ2n) is 12.2. The first-order chi connectivity index (χ1) is 25.8. The molecule has 0 aliphatic carbocycles. The van der Waals surface area contributed by atoms with Gasteiger partial charge in [-0.15, -0.1) is 0 Å². The number of carboxylic acids is 2. The van der Waals surface area contributed by atoms with Crippen LogP contribution in [0, 0.1) is 0 Å². The van der Waals surface area contributed by atoms with Crippen LogP contribution in [0.4, 0.5) is 4.79 Å². The monoisotopic (exact) mass is 808 g/mol. The Balaban J connectivity index is 0.00000541. The van der Waals surface area contributed by atoms with E-state index < -0.39 is 85.4 Å². The Hall–Kier alpha value is -2.57. The fourth-order valence-corrected chi connectivity index (χ4v) is 5.79. The normalized spacial score (nSPS) is 27.7. The molecule has 2 aliphatic rings. The Morgan fingerprint density at radius 3 is 1.93 bits per heavy atom. The summed E-state index contributed by atoms with van der Waals surface area (Å²) in [6.07, 6.45) is -20.3. The molecule has 4 rings (SSSR count). The third-order valence-electron chi connectivity index (χ3n) is 8.71. The molecule has 2 heterocycles. The molecule has 2 aromatic rings. The maximum atomic E-state index is 12.8. The van der Waals surface area contributed by atoms with Crippen LogP contribution in [0.25, 0.3) is 0 Å². The Morgan fingerprint density at radius 2 is 1.32 bits per heavy atom. The van der Waals surface area contributed by atoms with Crippen molar-refractivity contribution in [3.05, 3.63) is 71.3 Å². The number of rotatable bonds is 17. The number of amides is 2. The van der Waals surface area contributed by atoms with E-state index in [1.807, 2.05) is 6.07 Å². The van der Waals surface area contributed by atoms with Crippen LogP contribution in [0.2, 0.25) is 0 Å². The molecule has 56 heavy (non-hydrogen) atoms. The van der Waals surface area contributed by atoms with Gasteiger partial charge in [0.2, 0.25) is 5.91 Å². The SMILES string of the molecule is CO[C@@H]1OC(C(=O)[O-])[C@@H](OC2O[C@@H](C(=O)[O-])[C@@H](OC)C(O)C2O)C(O)[C@@H]1OC(=O)NCCOCCNC(=O)C(C)c1cccc(C(=O)c2ccccc2)c1.[Na+].[Na+]. The zero-order valence-corrected chi connectivity index (χ0v) is 35.4. The number of carboxylic acid groups (broad SMARTS) is 2. The minimum Gasteiger partial charge on any atom is -0.547 e. The first-order valence-electron chi connectivity index (χ1n) is 16.8. The molecule has 0 aromatic heterocycles. The van der Waals surface area contributed by atoms with Crippen LogP contribution < -0.4 is 80.0 Å². The zero-order valence-electron chi connectivity index (χ0n) is 31.4. The average molecular weight is 809 g/mol. The van der Waals surface area contributed by atoms with E-state index in [0.29, 0.717) is 16.7 Å². The number of aliphatic hydroxyl groups is 3. The van der Waals surface area contributed by atoms with Gasteiger partial charge >= 0.3 is 65.2 Å². The van der Waals surface area contributed by atoms with Crippen LogP contribution in [0.3, 0.4) is 0 Å². The van der Waals surface area contributed by atoms with Gasteiger partial charge in [-0.2, -0.15) is 0 Å². The summed E-state index contributed by atoms with van der Waals surface area (Å²) in [6.45, 7) is 1.75. The van der Waals surface area contributed by atoms with Gasteiger partial charge in [0.25, 0.3) is 0 Å². The fourth-order valence-electron chi connectivity index (χ4n) is 5.79. The first-order valence-corrected chi connectivity index (χ1v) is 16.8. The molecule has 21 heteroatoms. The molecule has 5 N–H and O–H groups in total. The van der Waals surface area contributed by atoms with E-state index in [-0.39, 0.29) is 97.1 Å². The number of aliphatic hydroxyl groups excluding tert-OH is 3. The van der Waals surface area contributed by atoms with Gasteiger partial charge in [0, 0.05) is 38.4 Å². The number of ether oxygens (including phenoxy) is 7. The molecule has 0 radical (unpaired) electrons. The summed E-state index contributed by atoms with van der Waals surface area (Å²) in [4.78, 5) is 61.6. The number of methoxy groups -OCH3 is 2. The van der Waals surface area contributed by atoms with Crippen LogP contribution in [-0.2, 0) is 47.5 Å². The molecule has 296 valence electrons. The quantitative estimate of drug-likeness (QED) is 0.0564. The molecule has 2 saturated heterocycles. The molecule has 2 amide bonds. The average Bonchev–Trinajstić information content (AvgIpc) is 3.17. The van der Waals surface area contributed by atoms with Crippen LogP contribution in [0.1, 0.15) is 34.3 Å². The third kappa shape index (κ3) is 12.7. The Labute approximate surface area is 365 Å². The third-order valence-corrected chi connectivity index (χ3v) is 8.71. The van der Waals surface area contributed by atoms with Crippen molar-refractivity contribution < 1.29 is 142 Å². The molecule has 0 saturated carbocycles. The van der Waals surface area contributed by atoms with Crippen molar-refractivity contribution in [1.82, 2.24) is 10.6 Å². The van der Waals surface area contributed by atoms with Crippen molar-refractivity contribution in [2.45, 2.75) is 74.3 Å². The second kappa shape index (κ2) is 23.7. The van der Waals surface area contributed by atoms with Crippen molar-refractivity contribution >= 4 is 29.7 Å². The molecule has 11 atom stereocenters. The van der Waals surface area contributed by atoms with Gasteiger partial charge in [0.15, 0.2) is 24.5 Å². The minimum absolute atomic E-state index is 0. The van der Waals surface area contributed by atoms with Gasteiger partial charge in [-0.1, -0.05) is 48.5 Å². The number of carbonyl (C=O) groups is 5. The Morgan fingerprint density at radius 1 is 0.732 bits per heavy atom. The molecule has 0 bridgehead atoms. The maximum Gasteiger partial charge on any atom is 1.00 e. The van der Waals surface area contributed by atoms with E-state index in [1.165, 1.54) is 0 Å². The van der Waals surface area contributed by atoms with Crippen LogP contribution in [0.5, 0.6) is 0 Å². The maximum absolute atomic E-state index is 12.8. The predicted octanol–water partition coefficient (Wildman–Crippen LogP) is -9.66. The smallest absolute Gasteiger partial charge is 0.547 e. The second-order valence-corrected chi connectivity index (χ2v) is 12.2. The van der Waals surface area contributed by atoms with E-state index in [9.17, 15) is 49.5 Å². The molecule has 2 fully saturated rings. The van der Waals surface area contributed by atoms with E-state index in [0.717, 1.165) is 14.2 Å². The molecule has 6 unspecified atom stereocenters. The van der Waals surface area contributed by atoms with Crippen molar-refractivity contribution in [2.24, 2.45) is 0 Å². The summed E-state index contributed by atoms with van der Waals surface area (Å²) >= 11 is 0. The summed E-state index contributed by atoms with van der Waals surface area (Å²) in [5.41, 5.74) is 1.64. The number of alkyl carbamates (subject to hydrolysis) is 1. The van der Waals surface area contributed by atoms with E-state index >= 15 is 0 Å². The zero-order chi connectivity index (χ0) is 39.5. The number of ketones is 1. The number of aliphatic carboxylic acids is 2. The largest absolute Gasteiger partial charge is 1.00 e. The van der Waals surface area contributed by atoms with Gasteiger partial charge in [0.1, 0.15) is 42.7 Å². The Kier molecular flexibility index (Phi) is 21.0. The van der Waals surface area contributed by atoms with E-state index in [1.54, 1.807) is 55.5 Å². The van der Waals surface area contributed by atoms with Gasteiger partial charge in [-0.25, -0.2) is 4.79 Å². The summed E-state index contributed by atoms with van der Waals surface area (Å²) in [6, 6.07) is 15.6. The summed E-state index contributed by atoms with van der Waals surface area (Å²) < 4.78 is 36.4. The number of hydrogen-bond acceptors (Lipinski definition) is 17. The van der Waals surface area contributed by atoms with Gasteiger partial charge in [-0.05, 0) is 18.6 Å². The van der Waals surface area contributed by atoms with E-state index in [2.05, 4.69) is 10.6 Å². The Bertz CT molecular complexity index is 1610. The number of hydrogen-bond donors (Lipinski definition) is 5.